The second kappa shape index (κ2) is 5.63. The van der Waals surface area contributed by atoms with Crippen LogP contribution in [0.15, 0.2) is 70.5 Å². The minimum Gasteiger partial charge on any atom is -0.222 e. The minimum absolute atomic E-state index is 0.271. The Hall–Kier alpha value is -1.80. The molecule has 0 heterocycles. The maximum Gasteiger partial charge on any atom is 0.244 e. The molecule has 0 aromatic heterocycles. The third-order valence-electron chi connectivity index (χ3n) is 4.23. The lowest BCUT2D eigenvalue weighted by Crippen LogP contribution is -2.36. The van der Waals surface area contributed by atoms with Crippen LogP contribution < -0.4 is 0 Å². The first-order valence-electron chi connectivity index (χ1n) is 7.12. The van der Waals surface area contributed by atoms with Crippen LogP contribution in [0.1, 0.15) is 6.42 Å². The van der Waals surface area contributed by atoms with E-state index in [1.54, 1.807) is 12.1 Å². The van der Waals surface area contributed by atoms with Crippen molar-refractivity contribution in [1.82, 2.24) is 0 Å². The van der Waals surface area contributed by atoms with Gasteiger partial charge in [0.1, 0.15) is 0 Å². The van der Waals surface area contributed by atoms with Crippen molar-refractivity contribution >= 4 is 19.7 Å². The highest BCUT2D eigenvalue weighted by Crippen LogP contribution is 2.60. The number of rotatable bonds is 5. The molecule has 1 saturated carbocycles. The molecular weight excluding hydrogens is 358 g/mol. The molecule has 1 unspecified atom stereocenters. The quantitative estimate of drug-likeness (QED) is 0.809. The summed E-state index contributed by atoms with van der Waals surface area (Å²) in [4.78, 5) is -0.541. The topological polar surface area (TPSA) is 68.3 Å². The molecular formula is C16H14F2O4S2. The predicted octanol–water partition coefficient (Wildman–Crippen LogP) is 2.92. The first-order valence-corrected chi connectivity index (χ1v) is 10.1. The van der Waals surface area contributed by atoms with Gasteiger partial charge < -0.3 is 0 Å². The monoisotopic (exact) mass is 372 g/mol. The van der Waals surface area contributed by atoms with E-state index in [-0.39, 0.29) is 9.79 Å². The van der Waals surface area contributed by atoms with E-state index in [0.29, 0.717) is 0 Å². The molecule has 2 aromatic rings. The Morgan fingerprint density at radius 3 is 1.46 bits per heavy atom. The Bertz CT molecular complexity index is 871. The van der Waals surface area contributed by atoms with Gasteiger partial charge in [0.05, 0.1) is 15.7 Å². The number of sulfone groups is 2. The van der Waals surface area contributed by atoms with E-state index in [1.807, 2.05) is 0 Å². The summed E-state index contributed by atoms with van der Waals surface area (Å²) < 4.78 is 75.8. The first-order chi connectivity index (χ1) is 11.2. The van der Waals surface area contributed by atoms with Crippen LogP contribution in [0, 0.1) is 5.92 Å². The van der Waals surface area contributed by atoms with Crippen LogP contribution in [0.5, 0.6) is 0 Å². The Labute approximate surface area is 139 Å². The lowest BCUT2D eigenvalue weighted by atomic mass is 10.4. The number of hydrogen-bond donors (Lipinski definition) is 0. The fourth-order valence-electron chi connectivity index (χ4n) is 2.89. The first kappa shape index (κ1) is 17.0. The lowest BCUT2D eigenvalue weighted by molar-refractivity contribution is 0.121. The molecule has 24 heavy (non-hydrogen) atoms. The van der Waals surface area contributed by atoms with Crippen LogP contribution >= 0.6 is 0 Å². The molecule has 1 fully saturated rings. The van der Waals surface area contributed by atoms with Crippen molar-refractivity contribution in [2.45, 2.75) is 26.7 Å². The molecule has 0 spiro atoms. The summed E-state index contributed by atoms with van der Waals surface area (Å²) in [7, 11) is -8.99. The second-order valence-electron chi connectivity index (χ2n) is 5.59. The summed E-state index contributed by atoms with van der Waals surface area (Å²) in [5.41, 5.74) is 0. The van der Waals surface area contributed by atoms with Crippen molar-refractivity contribution in [1.29, 1.82) is 0 Å². The fraction of sp³-hybridized carbons (Fsp3) is 0.250. The summed E-state index contributed by atoms with van der Waals surface area (Å²) in [5.74, 6) is -1.74. The third kappa shape index (κ3) is 2.28. The van der Waals surface area contributed by atoms with Gasteiger partial charge in [-0.2, -0.15) is 0 Å². The van der Waals surface area contributed by atoms with E-state index in [1.165, 1.54) is 48.5 Å². The fourth-order valence-corrected chi connectivity index (χ4v) is 8.25. The molecule has 128 valence electrons. The van der Waals surface area contributed by atoms with E-state index >= 15 is 0 Å². The normalized spacial score (nSPS) is 20.0. The van der Waals surface area contributed by atoms with Gasteiger partial charge in [-0.1, -0.05) is 36.4 Å². The lowest BCUT2D eigenvalue weighted by Gasteiger charge is -2.19. The van der Waals surface area contributed by atoms with E-state index in [4.69, 9.17) is 0 Å². The zero-order chi connectivity index (χ0) is 17.6. The van der Waals surface area contributed by atoms with Gasteiger partial charge in [0.2, 0.25) is 6.43 Å². The molecule has 1 atom stereocenters. The van der Waals surface area contributed by atoms with Crippen molar-refractivity contribution in [3.63, 3.8) is 0 Å². The van der Waals surface area contributed by atoms with Crippen LogP contribution in [0.4, 0.5) is 8.78 Å². The van der Waals surface area contributed by atoms with Gasteiger partial charge in [0, 0.05) is 0 Å². The zero-order valence-electron chi connectivity index (χ0n) is 12.3. The summed E-state index contributed by atoms with van der Waals surface area (Å²) in [5, 5.41) is 0. The molecule has 0 N–H and O–H groups in total. The highest BCUT2D eigenvalue weighted by molar-refractivity contribution is 8.10. The molecule has 8 heteroatoms. The summed E-state index contributed by atoms with van der Waals surface area (Å²) in [6.45, 7) is 0. The number of alkyl halides is 2. The van der Waals surface area contributed by atoms with Crippen LogP contribution in [0.25, 0.3) is 0 Å². The molecule has 0 amide bonds. The molecule has 2 aromatic carbocycles. The SMILES string of the molecule is O=S(=O)(c1ccccc1)C1(S(=O)(=O)c2ccccc2)CC1C(F)F. The van der Waals surface area contributed by atoms with E-state index in [2.05, 4.69) is 0 Å². The Kier molecular flexibility index (Phi) is 4.00. The number of hydrogen-bond acceptors (Lipinski definition) is 4. The molecule has 0 saturated heterocycles. The largest absolute Gasteiger partial charge is 0.244 e. The standard InChI is InChI=1S/C16H14F2O4S2/c17-15(18)14-11-16(14,23(19,20)12-7-3-1-4-8-12)24(21,22)13-9-5-2-6-10-13/h1-10,14-15H,11H2. The van der Waals surface area contributed by atoms with Crippen molar-refractivity contribution in [3.8, 4) is 0 Å². The Morgan fingerprint density at radius 2 is 1.17 bits per heavy atom. The average Bonchev–Trinajstić information content (AvgIpc) is 3.35. The molecule has 0 aliphatic heterocycles. The predicted molar refractivity (Wildman–Crippen MR) is 84.1 cm³/mol. The van der Waals surface area contributed by atoms with Crippen molar-refractivity contribution < 1.29 is 25.6 Å². The summed E-state index contributed by atoms with van der Waals surface area (Å²) in [6, 6.07) is 13.7. The molecule has 0 bridgehead atoms. The van der Waals surface area contributed by atoms with Crippen LogP contribution in [-0.4, -0.2) is 27.3 Å². The zero-order valence-corrected chi connectivity index (χ0v) is 14.0. The van der Waals surface area contributed by atoms with E-state index in [0.717, 1.165) is 0 Å². The molecule has 1 aliphatic rings. The number of halogens is 2. The highest BCUT2D eigenvalue weighted by atomic mass is 32.3. The number of benzene rings is 2. The van der Waals surface area contributed by atoms with Gasteiger partial charge in [-0.3, -0.25) is 0 Å². The molecule has 4 nitrogen and oxygen atoms in total. The van der Waals surface area contributed by atoms with Crippen LogP contribution in [0.3, 0.4) is 0 Å². The van der Waals surface area contributed by atoms with Crippen molar-refractivity contribution in [3.05, 3.63) is 60.7 Å². The average molecular weight is 372 g/mol. The van der Waals surface area contributed by atoms with Gasteiger partial charge in [-0.25, -0.2) is 25.6 Å². The highest BCUT2D eigenvalue weighted by Gasteiger charge is 2.75. The second-order valence-corrected chi connectivity index (χ2v) is 10.3. The summed E-state index contributed by atoms with van der Waals surface area (Å²) >= 11 is 0. The van der Waals surface area contributed by atoms with Crippen molar-refractivity contribution in [2.24, 2.45) is 5.92 Å². The van der Waals surface area contributed by atoms with Crippen molar-refractivity contribution in [2.75, 3.05) is 0 Å². The van der Waals surface area contributed by atoms with Gasteiger partial charge in [-0.05, 0) is 30.7 Å². The molecule has 3 rings (SSSR count). The van der Waals surface area contributed by atoms with Gasteiger partial charge in [0.15, 0.2) is 23.8 Å². The smallest absolute Gasteiger partial charge is 0.222 e. The van der Waals surface area contributed by atoms with Gasteiger partial charge in [0.25, 0.3) is 0 Å². The Balaban J connectivity index is 2.22. The maximum atomic E-state index is 13.3. The minimum atomic E-state index is -4.50. The van der Waals surface area contributed by atoms with E-state index in [9.17, 15) is 25.6 Å². The van der Waals surface area contributed by atoms with Crippen LogP contribution in [0.2, 0.25) is 0 Å². The van der Waals surface area contributed by atoms with Gasteiger partial charge in [-0.15, -0.1) is 0 Å². The molecule has 0 radical (unpaired) electrons. The third-order valence-corrected chi connectivity index (χ3v) is 10.1. The molecule has 1 aliphatic carbocycles. The van der Waals surface area contributed by atoms with Gasteiger partial charge >= 0.3 is 0 Å². The van der Waals surface area contributed by atoms with Crippen LogP contribution in [-0.2, 0) is 19.7 Å². The Morgan fingerprint density at radius 1 is 0.792 bits per heavy atom. The van der Waals surface area contributed by atoms with E-state index < -0.39 is 42.5 Å². The summed E-state index contributed by atoms with van der Waals surface area (Å²) in [6.07, 6.45) is -3.65. The maximum absolute atomic E-state index is 13.3.